The van der Waals surface area contributed by atoms with E-state index in [-0.39, 0.29) is 11.9 Å². The van der Waals surface area contributed by atoms with Crippen molar-refractivity contribution in [2.24, 2.45) is 11.8 Å². The zero-order valence-electron chi connectivity index (χ0n) is 7.18. The maximum absolute atomic E-state index is 12.0. The lowest BCUT2D eigenvalue weighted by Crippen LogP contribution is -2.19. The van der Waals surface area contributed by atoms with Crippen molar-refractivity contribution in [2.75, 3.05) is 13.1 Å². The molecule has 0 amide bonds. The van der Waals surface area contributed by atoms with Crippen molar-refractivity contribution in [2.45, 2.75) is 24.8 Å². The first kappa shape index (κ1) is 9.65. The Hall–Kier alpha value is 0.1000. The van der Waals surface area contributed by atoms with Crippen LogP contribution in [-0.4, -0.2) is 22.9 Å². The van der Waals surface area contributed by atoms with Gasteiger partial charge in [-0.3, -0.25) is 0 Å². The number of hydrogen-bond acceptors (Lipinski definition) is 2. The van der Waals surface area contributed by atoms with Crippen molar-refractivity contribution >= 4 is 11.9 Å². The maximum atomic E-state index is 12.0. The first-order valence-electron chi connectivity index (χ1n) is 4.55. The molecule has 1 aliphatic heterocycles. The maximum Gasteiger partial charge on any atom is 0.456 e. The molecule has 1 saturated heterocycles. The van der Waals surface area contributed by atoms with Gasteiger partial charge in [0.15, 0.2) is 0 Å². The minimum absolute atomic E-state index is 0.0544. The molecule has 0 bridgehead atoms. The average Bonchev–Trinajstić information content (AvgIpc) is 2.40. The predicted octanol–water partition coefficient (Wildman–Crippen LogP) is 2.89. The largest absolute Gasteiger partial charge is 0.456 e. The third-order valence-electron chi connectivity index (χ3n) is 2.93. The van der Waals surface area contributed by atoms with E-state index in [1.165, 1.54) is 10.7 Å². The van der Waals surface area contributed by atoms with Crippen LogP contribution in [0.3, 0.4) is 0 Å². The Morgan fingerprint density at radius 1 is 1.08 bits per heavy atom. The molecule has 5 heteroatoms. The number of halogens is 3. The van der Waals surface area contributed by atoms with Gasteiger partial charge in [0.2, 0.25) is 0 Å². The Balaban J connectivity index is 1.85. The van der Waals surface area contributed by atoms with Crippen LogP contribution in [0.2, 0.25) is 0 Å². The fourth-order valence-corrected chi connectivity index (χ4v) is 3.24. The van der Waals surface area contributed by atoms with E-state index in [1.807, 2.05) is 0 Å². The number of hydrogen-bond donors (Lipinski definition) is 0. The molecule has 0 unspecified atom stereocenters. The van der Waals surface area contributed by atoms with Gasteiger partial charge in [-0.1, -0.05) is 6.42 Å². The zero-order valence-corrected chi connectivity index (χ0v) is 8.00. The highest BCUT2D eigenvalue weighted by atomic mass is 32.2. The summed E-state index contributed by atoms with van der Waals surface area (Å²) in [6.45, 7) is 1.27. The lowest BCUT2D eigenvalue weighted by atomic mass is 10.0. The molecule has 1 heterocycles. The third kappa shape index (κ3) is 2.31. The fraction of sp³-hybridized carbons (Fsp3) is 1.00. The summed E-state index contributed by atoms with van der Waals surface area (Å²) < 4.78 is 37.5. The van der Waals surface area contributed by atoms with E-state index < -0.39 is 5.51 Å². The predicted molar refractivity (Wildman–Crippen MR) is 46.1 cm³/mol. The molecule has 0 spiro atoms. The minimum atomic E-state index is -4.10. The van der Waals surface area contributed by atoms with Crippen LogP contribution in [0.1, 0.15) is 19.3 Å². The van der Waals surface area contributed by atoms with Gasteiger partial charge in [-0.25, -0.2) is 4.31 Å². The van der Waals surface area contributed by atoms with Crippen molar-refractivity contribution in [3.05, 3.63) is 0 Å². The summed E-state index contributed by atoms with van der Waals surface area (Å²) in [6.07, 6.45) is 3.46. The first-order chi connectivity index (χ1) is 6.04. The molecule has 13 heavy (non-hydrogen) atoms. The number of alkyl halides is 3. The van der Waals surface area contributed by atoms with E-state index in [2.05, 4.69) is 0 Å². The molecule has 1 nitrogen and oxygen atoms in total. The lowest BCUT2D eigenvalue weighted by Gasteiger charge is -2.16. The van der Waals surface area contributed by atoms with Crippen LogP contribution in [0.15, 0.2) is 0 Å². The standard InChI is InChI=1S/C8H12F3NS/c9-8(10,11)13-12-4-6-2-1-3-7(6)5-12/h6-7H,1-5H2/t6-,7+. The highest BCUT2D eigenvalue weighted by molar-refractivity contribution is 7.97. The molecule has 0 N–H and O–H groups in total. The summed E-state index contributed by atoms with van der Waals surface area (Å²) in [7, 11) is 0. The minimum Gasteiger partial charge on any atom is -0.243 e. The van der Waals surface area contributed by atoms with E-state index in [0.717, 1.165) is 12.8 Å². The molecule has 0 radical (unpaired) electrons. The van der Waals surface area contributed by atoms with Crippen molar-refractivity contribution in [1.82, 2.24) is 4.31 Å². The Labute approximate surface area is 79.8 Å². The van der Waals surface area contributed by atoms with Crippen LogP contribution < -0.4 is 0 Å². The summed E-state index contributed by atoms with van der Waals surface area (Å²) in [5.41, 5.74) is -4.10. The summed E-state index contributed by atoms with van der Waals surface area (Å²) >= 11 is 0.0544. The summed E-state index contributed by atoms with van der Waals surface area (Å²) in [6, 6.07) is 0. The zero-order chi connectivity index (χ0) is 9.47. The van der Waals surface area contributed by atoms with Crippen LogP contribution in [0.25, 0.3) is 0 Å². The Bertz CT molecular complexity index is 182. The molecule has 1 aliphatic carbocycles. The fourth-order valence-electron chi connectivity index (χ4n) is 2.41. The van der Waals surface area contributed by atoms with E-state index in [1.54, 1.807) is 0 Å². The van der Waals surface area contributed by atoms with Gasteiger partial charge < -0.3 is 0 Å². The monoisotopic (exact) mass is 211 g/mol. The molecule has 1 saturated carbocycles. The number of nitrogens with zero attached hydrogens (tertiary/aromatic N) is 1. The van der Waals surface area contributed by atoms with Gasteiger partial charge in [-0.05, 0) is 24.7 Å². The summed E-state index contributed by atoms with van der Waals surface area (Å²) in [4.78, 5) is 0. The average molecular weight is 211 g/mol. The van der Waals surface area contributed by atoms with E-state index in [9.17, 15) is 13.2 Å². The van der Waals surface area contributed by atoms with Crippen molar-refractivity contribution in [3.8, 4) is 0 Å². The van der Waals surface area contributed by atoms with Crippen LogP contribution in [0.4, 0.5) is 13.2 Å². The second-order valence-corrected chi connectivity index (χ2v) is 5.00. The highest BCUT2D eigenvalue weighted by Gasteiger charge is 2.41. The molecular weight excluding hydrogens is 199 g/mol. The van der Waals surface area contributed by atoms with Gasteiger partial charge in [0.05, 0.1) is 0 Å². The Morgan fingerprint density at radius 3 is 2.08 bits per heavy atom. The molecule has 0 aromatic heterocycles. The lowest BCUT2D eigenvalue weighted by molar-refractivity contribution is -0.0360. The van der Waals surface area contributed by atoms with Gasteiger partial charge >= 0.3 is 5.51 Å². The SMILES string of the molecule is FC(F)(F)SN1C[C@H]2CCC[C@H]2C1. The highest BCUT2D eigenvalue weighted by Crippen LogP contribution is 2.43. The number of fused-ring (bicyclic) bond motifs is 1. The van der Waals surface area contributed by atoms with Gasteiger partial charge in [0.25, 0.3) is 0 Å². The Kier molecular flexibility index (Phi) is 2.49. The molecule has 2 atom stereocenters. The van der Waals surface area contributed by atoms with Crippen LogP contribution in [-0.2, 0) is 0 Å². The van der Waals surface area contributed by atoms with Gasteiger partial charge in [-0.15, -0.1) is 0 Å². The normalized spacial score (nSPS) is 35.3. The topological polar surface area (TPSA) is 3.24 Å². The second kappa shape index (κ2) is 3.35. The van der Waals surface area contributed by atoms with E-state index in [0.29, 0.717) is 24.9 Å². The number of rotatable bonds is 1. The third-order valence-corrected chi connectivity index (χ3v) is 3.69. The van der Waals surface area contributed by atoms with Crippen molar-refractivity contribution < 1.29 is 13.2 Å². The van der Waals surface area contributed by atoms with Crippen molar-refractivity contribution in [3.63, 3.8) is 0 Å². The molecule has 2 rings (SSSR count). The van der Waals surface area contributed by atoms with Crippen LogP contribution >= 0.6 is 11.9 Å². The Morgan fingerprint density at radius 2 is 1.62 bits per heavy atom. The molecule has 0 aromatic carbocycles. The summed E-state index contributed by atoms with van der Waals surface area (Å²) in [5, 5.41) is 0. The summed E-state index contributed by atoms with van der Waals surface area (Å²) in [5.74, 6) is 1.07. The van der Waals surface area contributed by atoms with Gasteiger partial charge in [0.1, 0.15) is 0 Å². The second-order valence-electron chi connectivity index (χ2n) is 3.84. The molecule has 2 aliphatic rings. The molecular formula is C8H12F3NS. The smallest absolute Gasteiger partial charge is 0.243 e. The van der Waals surface area contributed by atoms with Crippen LogP contribution in [0.5, 0.6) is 0 Å². The van der Waals surface area contributed by atoms with Gasteiger partial charge in [-0.2, -0.15) is 13.2 Å². The van der Waals surface area contributed by atoms with Crippen molar-refractivity contribution in [1.29, 1.82) is 0 Å². The molecule has 76 valence electrons. The molecule has 2 fully saturated rings. The first-order valence-corrected chi connectivity index (χ1v) is 5.33. The molecule has 0 aromatic rings. The van der Waals surface area contributed by atoms with Crippen LogP contribution in [0, 0.1) is 11.8 Å². The quantitative estimate of drug-likeness (QED) is 0.613. The van der Waals surface area contributed by atoms with Gasteiger partial charge in [0, 0.05) is 25.0 Å². The van der Waals surface area contributed by atoms with E-state index >= 15 is 0 Å². The van der Waals surface area contributed by atoms with E-state index in [4.69, 9.17) is 0 Å².